The van der Waals surface area contributed by atoms with E-state index in [2.05, 4.69) is 54.5 Å². The number of nitrogens with zero attached hydrogens (tertiary/aromatic N) is 6. The maximum absolute atomic E-state index is 6.50. The molecule has 3 heterocycles. The Morgan fingerprint density at radius 1 is 0.935 bits per heavy atom. The summed E-state index contributed by atoms with van der Waals surface area (Å²) in [5.41, 5.74) is 2.03. The number of hydrogen-bond acceptors (Lipinski definition) is 6. The lowest BCUT2D eigenvalue weighted by Crippen LogP contribution is -2.38. The van der Waals surface area contributed by atoms with Gasteiger partial charge in [0.1, 0.15) is 5.69 Å². The van der Waals surface area contributed by atoms with E-state index in [1.54, 1.807) is 6.20 Å². The van der Waals surface area contributed by atoms with Crippen LogP contribution in [0, 0.1) is 17.8 Å². The summed E-state index contributed by atoms with van der Waals surface area (Å²) < 4.78 is 8.57. The van der Waals surface area contributed by atoms with Crippen molar-refractivity contribution in [3.8, 4) is 11.3 Å². The SMILES string of the molecule is c1ccc(-c2cn([C@@H]3C[C@@H]4CN(c5cccnn5)C[C@@H]4C[C@H]3OCC3CC3)nn2)cc1. The van der Waals surface area contributed by atoms with E-state index >= 15 is 0 Å². The molecule has 0 bridgehead atoms. The second-order valence-electron chi connectivity index (χ2n) is 9.31. The van der Waals surface area contributed by atoms with Gasteiger partial charge < -0.3 is 9.64 Å². The molecule has 1 saturated heterocycles. The van der Waals surface area contributed by atoms with Gasteiger partial charge in [-0.25, -0.2) is 4.68 Å². The summed E-state index contributed by atoms with van der Waals surface area (Å²) in [5, 5.41) is 17.4. The molecule has 0 unspecified atom stereocenters. The highest BCUT2D eigenvalue weighted by atomic mass is 16.5. The standard InChI is InChI=1S/C24H28N6O/c1-2-5-18(6-3-1)21-15-30(28-26-21)22-11-19-13-29(24-7-4-10-25-27-24)14-20(19)12-23(22)31-16-17-8-9-17/h1-7,10,15,17,19-20,22-23H,8-9,11-14,16H2/t19-,20+,22-,23-/m1/s1. The molecular formula is C24H28N6O. The molecule has 2 saturated carbocycles. The maximum Gasteiger partial charge on any atom is 0.151 e. The molecule has 2 aromatic heterocycles. The molecule has 1 aliphatic heterocycles. The third-order valence-electron chi connectivity index (χ3n) is 7.13. The zero-order chi connectivity index (χ0) is 20.6. The van der Waals surface area contributed by atoms with Crippen LogP contribution in [0.1, 0.15) is 31.7 Å². The Labute approximate surface area is 182 Å². The van der Waals surface area contributed by atoms with E-state index in [-0.39, 0.29) is 12.1 Å². The van der Waals surface area contributed by atoms with Gasteiger partial charge in [0, 0.05) is 31.5 Å². The molecule has 4 atom stereocenters. The molecule has 3 fully saturated rings. The molecule has 0 N–H and O–H groups in total. The van der Waals surface area contributed by atoms with Crippen LogP contribution < -0.4 is 4.90 Å². The fraction of sp³-hybridized carbons (Fsp3) is 0.500. The summed E-state index contributed by atoms with van der Waals surface area (Å²) in [6.45, 7) is 2.94. The predicted octanol–water partition coefficient (Wildman–Crippen LogP) is 3.62. The molecule has 2 aliphatic carbocycles. The number of fused-ring (bicyclic) bond motifs is 1. The van der Waals surface area contributed by atoms with Crippen LogP contribution in [0.2, 0.25) is 0 Å². The van der Waals surface area contributed by atoms with Gasteiger partial charge in [-0.3, -0.25) is 0 Å². The van der Waals surface area contributed by atoms with Gasteiger partial charge in [0.15, 0.2) is 5.82 Å². The Hall–Kier alpha value is -2.80. The predicted molar refractivity (Wildman–Crippen MR) is 117 cm³/mol. The summed E-state index contributed by atoms with van der Waals surface area (Å²) in [6.07, 6.45) is 8.78. The minimum atomic E-state index is 0.189. The first-order valence-corrected chi connectivity index (χ1v) is 11.4. The Morgan fingerprint density at radius 3 is 2.55 bits per heavy atom. The van der Waals surface area contributed by atoms with Crippen LogP contribution in [0.4, 0.5) is 5.82 Å². The molecule has 6 rings (SSSR count). The molecular weight excluding hydrogens is 388 g/mol. The summed E-state index contributed by atoms with van der Waals surface area (Å²) in [5.74, 6) is 2.97. The zero-order valence-corrected chi connectivity index (χ0v) is 17.6. The second kappa shape index (κ2) is 8.04. The summed E-state index contributed by atoms with van der Waals surface area (Å²) in [4.78, 5) is 2.39. The highest BCUT2D eigenvalue weighted by molar-refractivity contribution is 5.57. The van der Waals surface area contributed by atoms with Gasteiger partial charge in [0.05, 0.1) is 18.3 Å². The van der Waals surface area contributed by atoms with Gasteiger partial charge >= 0.3 is 0 Å². The van der Waals surface area contributed by atoms with Gasteiger partial charge in [-0.1, -0.05) is 35.5 Å². The number of rotatable bonds is 6. The third-order valence-corrected chi connectivity index (χ3v) is 7.13. The van der Waals surface area contributed by atoms with Gasteiger partial charge in [-0.15, -0.1) is 10.2 Å². The average Bonchev–Trinajstić information content (AvgIpc) is 3.36. The van der Waals surface area contributed by atoms with E-state index in [1.165, 1.54) is 12.8 Å². The van der Waals surface area contributed by atoms with Crippen LogP contribution in [0.25, 0.3) is 11.3 Å². The van der Waals surface area contributed by atoms with Crippen molar-refractivity contribution in [2.45, 2.75) is 37.8 Å². The van der Waals surface area contributed by atoms with Crippen molar-refractivity contribution < 1.29 is 4.74 Å². The van der Waals surface area contributed by atoms with Crippen LogP contribution in [0.3, 0.4) is 0 Å². The van der Waals surface area contributed by atoms with Gasteiger partial charge in [0.2, 0.25) is 0 Å². The van der Waals surface area contributed by atoms with Crippen LogP contribution >= 0.6 is 0 Å². The first-order chi connectivity index (χ1) is 15.3. The van der Waals surface area contributed by atoms with Crippen LogP contribution in [0.5, 0.6) is 0 Å². The van der Waals surface area contributed by atoms with E-state index in [4.69, 9.17) is 4.74 Å². The quantitative estimate of drug-likeness (QED) is 0.611. The maximum atomic E-state index is 6.50. The molecule has 7 heteroatoms. The number of benzene rings is 1. The van der Waals surface area contributed by atoms with Crippen molar-refractivity contribution in [3.63, 3.8) is 0 Å². The Bertz CT molecular complexity index is 1010. The summed E-state index contributed by atoms with van der Waals surface area (Å²) in [7, 11) is 0. The van der Waals surface area contributed by atoms with Crippen LogP contribution in [-0.2, 0) is 4.74 Å². The van der Waals surface area contributed by atoms with E-state index < -0.39 is 0 Å². The highest BCUT2D eigenvalue weighted by Gasteiger charge is 2.44. The van der Waals surface area contributed by atoms with Crippen molar-refractivity contribution >= 4 is 5.82 Å². The third kappa shape index (κ3) is 3.94. The Kier molecular flexibility index (Phi) is 4.91. The Morgan fingerprint density at radius 2 is 1.77 bits per heavy atom. The fourth-order valence-electron chi connectivity index (χ4n) is 5.22. The van der Waals surface area contributed by atoms with Gasteiger partial charge in [-0.05, 0) is 55.6 Å². The first-order valence-electron chi connectivity index (χ1n) is 11.4. The van der Waals surface area contributed by atoms with Crippen molar-refractivity contribution in [2.24, 2.45) is 17.8 Å². The van der Waals surface area contributed by atoms with Crippen LogP contribution in [-0.4, -0.2) is 51.0 Å². The summed E-state index contributed by atoms with van der Waals surface area (Å²) in [6, 6.07) is 14.5. The van der Waals surface area contributed by atoms with E-state index in [9.17, 15) is 0 Å². The molecule has 31 heavy (non-hydrogen) atoms. The fourth-order valence-corrected chi connectivity index (χ4v) is 5.22. The smallest absolute Gasteiger partial charge is 0.151 e. The Balaban J connectivity index is 1.23. The molecule has 0 spiro atoms. The number of anilines is 1. The highest BCUT2D eigenvalue weighted by Crippen LogP contribution is 2.44. The molecule has 1 aromatic carbocycles. The normalized spacial score (nSPS) is 27.9. The van der Waals surface area contributed by atoms with Gasteiger partial charge in [0.25, 0.3) is 0 Å². The van der Waals surface area contributed by atoms with E-state index in [0.29, 0.717) is 11.8 Å². The zero-order valence-electron chi connectivity index (χ0n) is 17.6. The van der Waals surface area contributed by atoms with Crippen LogP contribution in [0.15, 0.2) is 54.9 Å². The molecule has 3 aliphatic rings. The topological polar surface area (TPSA) is 69.0 Å². The largest absolute Gasteiger partial charge is 0.376 e. The second-order valence-corrected chi connectivity index (χ2v) is 9.31. The molecule has 7 nitrogen and oxygen atoms in total. The number of aromatic nitrogens is 5. The van der Waals surface area contributed by atoms with Crippen molar-refractivity contribution in [2.75, 3.05) is 24.6 Å². The number of hydrogen-bond donors (Lipinski definition) is 0. The molecule has 0 amide bonds. The van der Waals surface area contributed by atoms with Crippen molar-refractivity contribution in [1.29, 1.82) is 0 Å². The lowest BCUT2D eigenvalue weighted by Gasteiger charge is -2.37. The minimum absolute atomic E-state index is 0.189. The van der Waals surface area contributed by atoms with E-state index in [0.717, 1.165) is 55.5 Å². The van der Waals surface area contributed by atoms with Crippen molar-refractivity contribution in [1.82, 2.24) is 25.2 Å². The first kappa shape index (κ1) is 18.9. The van der Waals surface area contributed by atoms with Gasteiger partial charge in [-0.2, -0.15) is 5.10 Å². The number of ether oxygens (including phenoxy) is 1. The van der Waals surface area contributed by atoms with E-state index in [1.807, 2.05) is 24.3 Å². The minimum Gasteiger partial charge on any atom is -0.376 e. The average molecular weight is 417 g/mol. The molecule has 0 radical (unpaired) electrons. The molecule has 160 valence electrons. The summed E-state index contributed by atoms with van der Waals surface area (Å²) >= 11 is 0. The molecule has 3 aromatic rings. The lowest BCUT2D eigenvalue weighted by molar-refractivity contribution is -0.0375. The monoisotopic (exact) mass is 416 g/mol. The van der Waals surface area contributed by atoms with Crippen molar-refractivity contribution in [3.05, 3.63) is 54.9 Å². The lowest BCUT2D eigenvalue weighted by atomic mass is 9.77.